The van der Waals surface area contributed by atoms with Gasteiger partial charge in [0.25, 0.3) is 0 Å². The highest BCUT2D eigenvalue weighted by Crippen LogP contribution is 2.18. The van der Waals surface area contributed by atoms with Gasteiger partial charge in [-0.05, 0) is 25.7 Å². The van der Waals surface area contributed by atoms with Gasteiger partial charge in [-0.3, -0.25) is 9.59 Å². The molecule has 0 aromatic carbocycles. The molecular weight excluding hydrogens is 803 g/mol. The van der Waals surface area contributed by atoms with Gasteiger partial charge in [0.15, 0.2) is 0 Å². The molecule has 0 aliphatic carbocycles. The Morgan fingerprint density at radius 1 is 0.369 bits per heavy atom. The van der Waals surface area contributed by atoms with Crippen molar-refractivity contribution in [2.75, 3.05) is 13.2 Å². The van der Waals surface area contributed by atoms with Crippen LogP contribution in [0.1, 0.15) is 341 Å². The molecule has 0 fully saturated rings. The number of hydrogen-bond donors (Lipinski definition) is 3. The van der Waals surface area contributed by atoms with E-state index in [0.29, 0.717) is 25.9 Å². The molecule has 0 saturated carbocycles. The summed E-state index contributed by atoms with van der Waals surface area (Å²) in [6.07, 6.45) is 63.9. The van der Waals surface area contributed by atoms with Crippen molar-refractivity contribution in [2.24, 2.45) is 0 Å². The van der Waals surface area contributed by atoms with Crippen LogP contribution >= 0.6 is 0 Å². The average Bonchev–Trinajstić information content (AvgIpc) is 3.31. The lowest BCUT2D eigenvalue weighted by molar-refractivity contribution is -0.143. The molecule has 0 rings (SSSR count). The van der Waals surface area contributed by atoms with E-state index >= 15 is 0 Å². The zero-order valence-electron chi connectivity index (χ0n) is 44.3. The lowest BCUT2D eigenvalue weighted by Crippen LogP contribution is -2.45. The van der Waals surface area contributed by atoms with Gasteiger partial charge in [-0.15, -0.1) is 0 Å². The van der Waals surface area contributed by atoms with Gasteiger partial charge in [-0.25, -0.2) is 0 Å². The first-order valence-corrected chi connectivity index (χ1v) is 29.8. The van der Waals surface area contributed by atoms with E-state index in [1.165, 1.54) is 270 Å². The minimum atomic E-state index is -0.662. The molecule has 0 bridgehead atoms. The second kappa shape index (κ2) is 55.5. The standard InChI is InChI=1S/C59H117NO5/c1-3-5-7-9-11-13-15-16-25-28-32-35-39-43-47-51-57(62)56(55-61)60-58(63)52-48-44-40-36-33-29-26-23-21-19-17-18-20-22-24-27-30-34-38-42-46-50-54-65-59(64)53-49-45-41-37-31-14-12-10-8-6-4-2/h56-57,61-62H,3-55H2,1-2H3,(H,60,63). The van der Waals surface area contributed by atoms with E-state index in [0.717, 1.165) is 38.5 Å². The van der Waals surface area contributed by atoms with Crippen LogP contribution in [0.4, 0.5) is 0 Å². The Morgan fingerprint density at radius 3 is 0.938 bits per heavy atom. The summed E-state index contributed by atoms with van der Waals surface area (Å²) in [5.74, 6) is -0.0185. The van der Waals surface area contributed by atoms with Crippen molar-refractivity contribution in [3.63, 3.8) is 0 Å². The van der Waals surface area contributed by atoms with Gasteiger partial charge in [0, 0.05) is 12.8 Å². The first-order valence-electron chi connectivity index (χ1n) is 29.8. The van der Waals surface area contributed by atoms with Crippen molar-refractivity contribution in [1.29, 1.82) is 0 Å². The number of esters is 1. The molecular formula is C59H117NO5. The van der Waals surface area contributed by atoms with E-state index in [1.807, 2.05) is 0 Å². The summed E-state index contributed by atoms with van der Waals surface area (Å²) in [5.41, 5.74) is 0. The summed E-state index contributed by atoms with van der Waals surface area (Å²) in [7, 11) is 0. The maximum atomic E-state index is 12.5. The number of ether oxygens (including phenoxy) is 1. The zero-order valence-corrected chi connectivity index (χ0v) is 44.3. The molecule has 65 heavy (non-hydrogen) atoms. The molecule has 0 aliphatic heterocycles. The van der Waals surface area contributed by atoms with Crippen molar-refractivity contribution in [3.05, 3.63) is 0 Å². The quantitative estimate of drug-likeness (QED) is 0.0417. The maximum Gasteiger partial charge on any atom is 0.305 e. The Balaban J connectivity index is 3.37. The van der Waals surface area contributed by atoms with E-state index in [1.54, 1.807) is 0 Å². The Hall–Kier alpha value is -1.14. The van der Waals surface area contributed by atoms with Crippen molar-refractivity contribution in [3.8, 4) is 0 Å². The highest BCUT2D eigenvalue weighted by molar-refractivity contribution is 5.76. The Kier molecular flexibility index (Phi) is 54.5. The SMILES string of the molecule is CCCCCCCCCCCCCCCCCC(O)C(CO)NC(=O)CCCCCCCCCCCCCCCCCCCCCCCCOC(=O)CCCCCCCCCCCCC. The molecule has 2 unspecified atom stereocenters. The van der Waals surface area contributed by atoms with Crippen LogP contribution in [0.25, 0.3) is 0 Å². The Labute approximate surface area is 406 Å². The van der Waals surface area contributed by atoms with Crippen LogP contribution in [0.2, 0.25) is 0 Å². The lowest BCUT2D eigenvalue weighted by Gasteiger charge is -2.22. The molecule has 0 aliphatic rings. The Bertz CT molecular complexity index is 928. The van der Waals surface area contributed by atoms with Crippen LogP contribution < -0.4 is 5.32 Å². The first-order chi connectivity index (χ1) is 32.0. The van der Waals surface area contributed by atoms with Crippen LogP contribution in [0, 0.1) is 0 Å². The maximum absolute atomic E-state index is 12.5. The number of carbonyl (C=O) groups excluding carboxylic acids is 2. The molecule has 3 N–H and O–H groups in total. The van der Waals surface area contributed by atoms with Crippen molar-refractivity contribution in [1.82, 2.24) is 5.32 Å². The number of nitrogens with one attached hydrogen (secondary N) is 1. The molecule has 0 spiro atoms. The van der Waals surface area contributed by atoms with Gasteiger partial charge < -0.3 is 20.3 Å². The molecule has 1 amide bonds. The third-order valence-corrected chi connectivity index (χ3v) is 14.2. The monoisotopic (exact) mass is 920 g/mol. The van der Waals surface area contributed by atoms with E-state index < -0.39 is 12.1 Å². The van der Waals surface area contributed by atoms with Crippen molar-refractivity contribution < 1.29 is 24.5 Å². The number of hydrogen-bond acceptors (Lipinski definition) is 5. The molecule has 0 saturated heterocycles. The fourth-order valence-electron chi connectivity index (χ4n) is 9.58. The number of aliphatic hydroxyl groups is 2. The molecule has 6 nitrogen and oxygen atoms in total. The predicted octanol–water partition coefficient (Wildman–Crippen LogP) is 18.3. The number of amides is 1. The third-order valence-electron chi connectivity index (χ3n) is 14.2. The molecule has 0 aromatic heterocycles. The van der Waals surface area contributed by atoms with Gasteiger partial charge in [-0.1, -0.05) is 303 Å². The minimum absolute atomic E-state index is 0.0138. The summed E-state index contributed by atoms with van der Waals surface area (Å²) in [5, 5.41) is 23.3. The number of carbonyl (C=O) groups is 2. The van der Waals surface area contributed by atoms with Gasteiger partial charge in [0.1, 0.15) is 0 Å². The van der Waals surface area contributed by atoms with Crippen LogP contribution in [0.3, 0.4) is 0 Å². The molecule has 2 atom stereocenters. The summed E-state index contributed by atoms with van der Waals surface area (Å²) in [6.45, 7) is 4.97. The first kappa shape index (κ1) is 63.9. The molecule has 0 radical (unpaired) electrons. The molecule has 6 heteroatoms. The summed E-state index contributed by atoms with van der Waals surface area (Å²) in [4.78, 5) is 24.5. The van der Waals surface area contributed by atoms with Gasteiger partial charge in [0.05, 0.1) is 25.4 Å². The number of aliphatic hydroxyl groups excluding tert-OH is 2. The highest BCUT2D eigenvalue weighted by atomic mass is 16.5. The van der Waals surface area contributed by atoms with Crippen LogP contribution in [-0.2, 0) is 14.3 Å². The third kappa shape index (κ3) is 52.1. The molecule has 0 aromatic rings. The second-order valence-corrected chi connectivity index (χ2v) is 20.7. The van der Waals surface area contributed by atoms with Crippen LogP contribution in [0.5, 0.6) is 0 Å². The van der Waals surface area contributed by atoms with Crippen molar-refractivity contribution >= 4 is 11.9 Å². The minimum Gasteiger partial charge on any atom is -0.466 e. The molecule has 0 heterocycles. The normalized spacial score (nSPS) is 12.5. The van der Waals surface area contributed by atoms with Crippen molar-refractivity contribution in [2.45, 2.75) is 353 Å². The van der Waals surface area contributed by atoms with E-state index in [2.05, 4.69) is 19.2 Å². The van der Waals surface area contributed by atoms with Gasteiger partial charge in [-0.2, -0.15) is 0 Å². The van der Waals surface area contributed by atoms with Crippen LogP contribution in [-0.4, -0.2) is 47.4 Å². The fourth-order valence-corrected chi connectivity index (χ4v) is 9.58. The van der Waals surface area contributed by atoms with Gasteiger partial charge in [0.2, 0.25) is 5.91 Å². The predicted molar refractivity (Wildman–Crippen MR) is 283 cm³/mol. The number of unbranched alkanes of at least 4 members (excludes halogenated alkanes) is 45. The van der Waals surface area contributed by atoms with E-state index in [4.69, 9.17) is 4.74 Å². The fraction of sp³-hybridized carbons (Fsp3) is 0.966. The average molecular weight is 921 g/mol. The second-order valence-electron chi connectivity index (χ2n) is 20.7. The summed E-state index contributed by atoms with van der Waals surface area (Å²) < 4.78 is 5.47. The summed E-state index contributed by atoms with van der Waals surface area (Å²) >= 11 is 0. The van der Waals surface area contributed by atoms with Crippen LogP contribution in [0.15, 0.2) is 0 Å². The smallest absolute Gasteiger partial charge is 0.305 e. The van der Waals surface area contributed by atoms with E-state index in [-0.39, 0.29) is 18.5 Å². The zero-order chi connectivity index (χ0) is 47.2. The lowest BCUT2D eigenvalue weighted by atomic mass is 10.0. The topological polar surface area (TPSA) is 95.9 Å². The Morgan fingerprint density at radius 2 is 0.631 bits per heavy atom. The number of rotatable bonds is 56. The van der Waals surface area contributed by atoms with Gasteiger partial charge >= 0.3 is 5.97 Å². The summed E-state index contributed by atoms with van der Waals surface area (Å²) in [6, 6.07) is -0.540. The largest absolute Gasteiger partial charge is 0.466 e. The van der Waals surface area contributed by atoms with E-state index in [9.17, 15) is 19.8 Å². The molecule has 388 valence electrons. The highest BCUT2D eigenvalue weighted by Gasteiger charge is 2.20.